The van der Waals surface area contributed by atoms with Gasteiger partial charge in [-0.25, -0.2) is 4.39 Å². The lowest BCUT2D eigenvalue weighted by Crippen LogP contribution is -1.91. The number of rotatable bonds is 2. The number of ether oxygens (including phenoxy) is 1. The number of hydrogen-bond donors (Lipinski definition) is 0. The number of halogens is 2. The zero-order valence-corrected chi connectivity index (χ0v) is 6.78. The molecule has 0 N–H and O–H groups in total. The number of benzene rings is 1. The first kappa shape index (κ1) is 8.34. The van der Waals surface area contributed by atoms with E-state index in [-0.39, 0.29) is 5.02 Å². The first-order chi connectivity index (χ1) is 5.24. The van der Waals surface area contributed by atoms with Crippen LogP contribution in [0.25, 0.3) is 0 Å². The van der Waals surface area contributed by atoms with Crippen LogP contribution in [-0.4, -0.2) is 6.61 Å². The van der Waals surface area contributed by atoms with E-state index in [9.17, 15) is 4.39 Å². The Labute approximate surface area is 69.7 Å². The fraction of sp³-hybridized carbons (Fsp3) is 0.250. The molecule has 1 radical (unpaired) electrons. The molecular weight excluding hydrogens is 167 g/mol. The van der Waals surface area contributed by atoms with Gasteiger partial charge in [0.2, 0.25) is 0 Å². The molecule has 0 unspecified atom stereocenters. The van der Waals surface area contributed by atoms with Gasteiger partial charge in [0, 0.05) is 12.1 Å². The monoisotopic (exact) mass is 173 g/mol. The lowest BCUT2D eigenvalue weighted by atomic mass is 10.3. The lowest BCUT2D eigenvalue weighted by molar-refractivity contribution is 0.339. The highest BCUT2D eigenvalue weighted by molar-refractivity contribution is 6.30. The predicted octanol–water partition coefficient (Wildman–Crippen LogP) is 2.68. The molecule has 0 spiro atoms. The standard InChI is InChI=1S/C8H7ClFO/c1-2-11-6-3-4-8(10)7(9)5-6/h4-5H,2H2,1H3. The summed E-state index contributed by atoms with van der Waals surface area (Å²) in [5.74, 6) is -0.00554. The second-order valence-electron chi connectivity index (χ2n) is 1.93. The van der Waals surface area contributed by atoms with Crippen molar-refractivity contribution in [1.29, 1.82) is 0 Å². The van der Waals surface area contributed by atoms with Gasteiger partial charge in [0.05, 0.1) is 11.6 Å². The van der Waals surface area contributed by atoms with Crippen molar-refractivity contribution in [3.05, 3.63) is 29.0 Å². The highest BCUT2D eigenvalue weighted by Crippen LogP contribution is 2.20. The second kappa shape index (κ2) is 3.58. The summed E-state index contributed by atoms with van der Waals surface area (Å²) in [6.45, 7) is 2.36. The van der Waals surface area contributed by atoms with Gasteiger partial charge in [0.15, 0.2) is 0 Å². The molecule has 0 fully saturated rings. The van der Waals surface area contributed by atoms with Gasteiger partial charge in [0.25, 0.3) is 0 Å². The Hall–Kier alpha value is -0.760. The SMILES string of the molecule is CCOc1[c]cc(F)c(Cl)c1. The van der Waals surface area contributed by atoms with Crippen LogP contribution in [0.3, 0.4) is 0 Å². The highest BCUT2D eigenvalue weighted by Gasteiger charge is 2.00. The second-order valence-corrected chi connectivity index (χ2v) is 2.33. The van der Waals surface area contributed by atoms with Crippen LogP contribution >= 0.6 is 11.6 Å². The van der Waals surface area contributed by atoms with Crippen molar-refractivity contribution in [1.82, 2.24) is 0 Å². The van der Waals surface area contributed by atoms with Crippen molar-refractivity contribution in [2.75, 3.05) is 6.61 Å². The van der Waals surface area contributed by atoms with Crippen LogP contribution in [0, 0.1) is 11.9 Å². The third-order valence-corrected chi connectivity index (χ3v) is 1.42. The van der Waals surface area contributed by atoms with E-state index in [1.165, 1.54) is 6.07 Å². The normalized spacial score (nSPS) is 9.73. The van der Waals surface area contributed by atoms with Crippen molar-refractivity contribution in [2.24, 2.45) is 0 Å². The molecule has 59 valence electrons. The summed E-state index contributed by atoms with van der Waals surface area (Å²) in [5, 5.41) is 0.0622. The van der Waals surface area contributed by atoms with Crippen LogP contribution in [0.4, 0.5) is 4.39 Å². The first-order valence-corrected chi connectivity index (χ1v) is 3.61. The molecule has 1 nitrogen and oxygen atoms in total. The average molecular weight is 174 g/mol. The average Bonchev–Trinajstić information content (AvgIpc) is 1.98. The van der Waals surface area contributed by atoms with E-state index in [1.54, 1.807) is 0 Å². The van der Waals surface area contributed by atoms with Crippen LogP contribution in [0.5, 0.6) is 5.75 Å². The summed E-state index contributed by atoms with van der Waals surface area (Å²) in [6, 6.07) is 5.16. The smallest absolute Gasteiger partial charge is 0.142 e. The van der Waals surface area contributed by atoms with Crippen LogP contribution in [0.1, 0.15) is 6.92 Å². The predicted molar refractivity (Wildman–Crippen MR) is 41.4 cm³/mol. The van der Waals surface area contributed by atoms with Gasteiger partial charge >= 0.3 is 0 Å². The molecule has 0 amide bonds. The van der Waals surface area contributed by atoms with Crippen molar-refractivity contribution >= 4 is 11.6 Å². The zero-order valence-electron chi connectivity index (χ0n) is 6.03. The minimum Gasteiger partial charge on any atom is -0.493 e. The molecule has 1 aromatic carbocycles. The fourth-order valence-electron chi connectivity index (χ4n) is 0.668. The summed E-state index contributed by atoms with van der Waals surface area (Å²) >= 11 is 5.47. The van der Waals surface area contributed by atoms with Gasteiger partial charge in [-0.15, -0.1) is 0 Å². The van der Waals surface area contributed by atoms with Crippen LogP contribution in [0.2, 0.25) is 5.02 Å². The number of hydrogen-bond acceptors (Lipinski definition) is 1. The molecule has 1 aromatic rings. The largest absolute Gasteiger partial charge is 0.493 e. The summed E-state index contributed by atoms with van der Waals surface area (Å²) in [4.78, 5) is 0. The highest BCUT2D eigenvalue weighted by atomic mass is 35.5. The summed E-state index contributed by atoms with van der Waals surface area (Å²) in [5.41, 5.74) is 0. The maximum absolute atomic E-state index is 12.5. The van der Waals surface area contributed by atoms with Gasteiger partial charge in [-0.3, -0.25) is 0 Å². The van der Waals surface area contributed by atoms with Gasteiger partial charge in [-0.05, 0) is 13.0 Å². The molecule has 0 saturated heterocycles. The lowest BCUT2D eigenvalue weighted by Gasteiger charge is -2.01. The Kier molecular flexibility index (Phi) is 2.71. The molecule has 0 aromatic heterocycles. The van der Waals surface area contributed by atoms with E-state index >= 15 is 0 Å². The molecule has 0 saturated carbocycles. The van der Waals surface area contributed by atoms with E-state index in [4.69, 9.17) is 16.3 Å². The zero-order chi connectivity index (χ0) is 8.27. The van der Waals surface area contributed by atoms with Crippen LogP contribution in [0.15, 0.2) is 12.1 Å². The Bertz CT molecular complexity index is 250. The fourth-order valence-corrected chi connectivity index (χ4v) is 0.822. The maximum atomic E-state index is 12.5. The summed E-state index contributed by atoms with van der Waals surface area (Å²) < 4.78 is 17.6. The summed E-state index contributed by atoms with van der Waals surface area (Å²) in [7, 11) is 0. The van der Waals surface area contributed by atoms with Gasteiger partial charge < -0.3 is 4.74 Å². The van der Waals surface area contributed by atoms with Crippen LogP contribution < -0.4 is 4.74 Å². The third-order valence-electron chi connectivity index (χ3n) is 1.13. The molecule has 0 aliphatic rings. The quantitative estimate of drug-likeness (QED) is 0.668. The molecule has 11 heavy (non-hydrogen) atoms. The van der Waals surface area contributed by atoms with E-state index in [1.807, 2.05) is 6.92 Å². The Balaban J connectivity index is 2.86. The minimum atomic E-state index is -0.477. The maximum Gasteiger partial charge on any atom is 0.142 e. The molecular formula is C8H7ClFO. The van der Waals surface area contributed by atoms with Gasteiger partial charge in [-0.2, -0.15) is 0 Å². The van der Waals surface area contributed by atoms with Crippen molar-refractivity contribution in [3.8, 4) is 5.75 Å². The third kappa shape index (κ3) is 2.09. The van der Waals surface area contributed by atoms with Gasteiger partial charge in [0.1, 0.15) is 11.6 Å². The van der Waals surface area contributed by atoms with Crippen molar-refractivity contribution in [3.63, 3.8) is 0 Å². The van der Waals surface area contributed by atoms with E-state index in [0.717, 1.165) is 6.07 Å². The molecule has 0 heterocycles. The molecule has 1 rings (SSSR count). The Morgan fingerprint density at radius 3 is 3.00 bits per heavy atom. The van der Waals surface area contributed by atoms with E-state index < -0.39 is 5.82 Å². The molecule has 0 aliphatic carbocycles. The van der Waals surface area contributed by atoms with Crippen molar-refractivity contribution in [2.45, 2.75) is 6.92 Å². The van der Waals surface area contributed by atoms with Gasteiger partial charge in [-0.1, -0.05) is 11.6 Å². The minimum absolute atomic E-state index is 0.0622. The van der Waals surface area contributed by atoms with E-state index in [2.05, 4.69) is 6.07 Å². The van der Waals surface area contributed by atoms with Crippen molar-refractivity contribution < 1.29 is 9.13 Å². The molecule has 0 atom stereocenters. The molecule has 0 aliphatic heterocycles. The topological polar surface area (TPSA) is 9.23 Å². The molecule has 0 bridgehead atoms. The molecule has 3 heteroatoms. The Morgan fingerprint density at radius 1 is 1.73 bits per heavy atom. The Morgan fingerprint density at radius 2 is 2.45 bits per heavy atom. The van der Waals surface area contributed by atoms with E-state index in [0.29, 0.717) is 12.4 Å². The summed E-state index contributed by atoms with van der Waals surface area (Å²) in [6.07, 6.45) is 0. The van der Waals surface area contributed by atoms with Crippen LogP contribution in [-0.2, 0) is 0 Å². The first-order valence-electron chi connectivity index (χ1n) is 3.23.